The Kier molecular flexibility index (Phi) is 1.98. The molecular weight excluding hydrogens is 289 g/mol. The normalized spacial score (nSPS) is 11.1. The fraction of sp³-hybridized carbons (Fsp3) is 0.125. The van der Waals surface area contributed by atoms with Gasteiger partial charge in [-0.2, -0.15) is 0 Å². The number of fused-ring (bicyclic) bond motifs is 1. The van der Waals surface area contributed by atoms with E-state index in [1.807, 2.05) is 0 Å². The van der Waals surface area contributed by atoms with Crippen LogP contribution in [0.1, 0.15) is 0 Å². The van der Waals surface area contributed by atoms with Gasteiger partial charge in [0.2, 0.25) is 0 Å². The van der Waals surface area contributed by atoms with Crippen LogP contribution in [0.4, 0.5) is 8.78 Å². The highest BCUT2D eigenvalue weighted by Gasteiger charge is 2.13. The van der Waals surface area contributed by atoms with E-state index in [1.165, 1.54) is 12.4 Å². The summed E-state index contributed by atoms with van der Waals surface area (Å²) in [6, 6.07) is 1.28. The van der Waals surface area contributed by atoms with Crippen LogP contribution in [0, 0.1) is 15.2 Å². The van der Waals surface area contributed by atoms with Crippen molar-refractivity contribution in [2.24, 2.45) is 7.05 Å². The molecule has 0 saturated carbocycles. The Labute approximate surface area is 86.7 Å². The van der Waals surface area contributed by atoms with Gasteiger partial charge in [-0.1, -0.05) is 0 Å². The SMILES string of the molecule is Cn1cnc2c(F)c(I)c(F)cc21. The van der Waals surface area contributed by atoms with Crippen molar-refractivity contribution < 1.29 is 8.78 Å². The second-order valence-corrected chi connectivity index (χ2v) is 3.79. The Morgan fingerprint density at radius 1 is 1.46 bits per heavy atom. The van der Waals surface area contributed by atoms with Crippen molar-refractivity contribution in [3.63, 3.8) is 0 Å². The number of benzene rings is 1. The van der Waals surface area contributed by atoms with Gasteiger partial charge < -0.3 is 4.57 Å². The first-order valence-corrected chi connectivity index (χ1v) is 4.63. The van der Waals surface area contributed by atoms with E-state index in [9.17, 15) is 8.78 Å². The monoisotopic (exact) mass is 294 g/mol. The summed E-state index contributed by atoms with van der Waals surface area (Å²) >= 11 is 1.63. The minimum Gasteiger partial charge on any atom is -0.334 e. The first-order chi connectivity index (χ1) is 6.11. The maximum Gasteiger partial charge on any atom is 0.167 e. The smallest absolute Gasteiger partial charge is 0.167 e. The van der Waals surface area contributed by atoms with Crippen molar-refractivity contribution in [3.05, 3.63) is 27.6 Å². The minimum absolute atomic E-state index is 0.0104. The summed E-state index contributed by atoms with van der Waals surface area (Å²) in [5, 5.41) is 0. The molecule has 0 saturated heterocycles. The number of hydrogen-bond donors (Lipinski definition) is 0. The lowest BCUT2D eigenvalue weighted by atomic mass is 10.3. The van der Waals surface area contributed by atoms with Crippen LogP contribution in [0.5, 0.6) is 0 Å². The molecule has 0 unspecified atom stereocenters. The van der Waals surface area contributed by atoms with Gasteiger partial charge in [0.1, 0.15) is 11.3 Å². The average Bonchev–Trinajstić information content (AvgIpc) is 2.45. The van der Waals surface area contributed by atoms with Crippen LogP contribution in [-0.4, -0.2) is 9.55 Å². The summed E-state index contributed by atoms with van der Waals surface area (Å²) in [4.78, 5) is 3.84. The molecule has 0 amide bonds. The molecule has 5 heteroatoms. The fourth-order valence-corrected chi connectivity index (χ4v) is 1.58. The Balaban J connectivity index is 2.96. The lowest BCUT2D eigenvalue weighted by molar-refractivity contribution is 0.577. The van der Waals surface area contributed by atoms with Crippen LogP contribution in [0.3, 0.4) is 0 Å². The molecule has 1 aromatic heterocycles. The maximum atomic E-state index is 13.3. The van der Waals surface area contributed by atoms with Crippen molar-refractivity contribution >= 4 is 33.6 Å². The van der Waals surface area contributed by atoms with E-state index in [-0.39, 0.29) is 9.09 Å². The van der Waals surface area contributed by atoms with Crippen LogP contribution < -0.4 is 0 Å². The standard InChI is InChI=1S/C8H5F2IN2/c1-13-3-12-8-5(13)2-4(9)7(11)6(8)10/h2-3H,1H3. The van der Waals surface area contributed by atoms with Crippen LogP contribution in [-0.2, 0) is 7.05 Å². The fourth-order valence-electron chi connectivity index (χ4n) is 1.17. The molecule has 0 atom stereocenters. The number of nitrogens with zero attached hydrogens (tertiary/aromatic N) is 2. The van der Waals surface area contributed by atoms with Gasteiger partial charge >= 0.3 is 0 Å². The van der Waals surface area contributed by atoms with E-state index in [1.54, 1.807) is 34.2 Å². The molecule has 0 aliphatic heterocycles. The van der Waals surface area contributed by atoms with E-state index in [2.05, 4.69) is 4.98 Å². The summed E-state index contributed by atoms with van der Waals surface area (Å²) in [7, 11) is 1.70. The third kappa shape index (κ3) is 1.21. The molecular formula is C8H5F2IN2. The molecule has 1 heterocycles. The number of imidazole rings is 1. The van der Waals surface area contributed by atoms with Crippen molar-refractivity contribution in [2.75, 3.05) is 0 Å². The van der Waals surface area contributed by atoms with Crippen LogP contribution in [0.25, 0.3) is 11.0 Å². The topological polar surface area (TPSA) is 17.8 Å². The Hall–Kier alpha value is -0.720. The van der Waals surface area contributed by atoms with Gasteiger partial charge in [0.05, 0.1) is 15.4 Å². The molecule has 13 heavy (non-hydrogen) atoms. The molecule has 68 valence electrons. The highest BCUT2D eigenvalue weighted by atomic mass is 127. The van der Waals surface area contributed by atoms with E-state index in [0.29, 0.717) is 5.52 Å². The number of aryl methyl sites for hydroxylation is 1. The molecule has 0 bridgehead atoms. The second kappa shape index (κ2) is 2.90. The number of aromatic nitrogens is 2. The Morgan fingerprint density at radius 2 is 2.15 bits per heavy atom. The minimum atomic E-state index is -0.587. The van der Waals surface area contributed by atoms with Crippen molar-refractivity contribution in [1.82, 2.24) is 9.55 Å². The van der Waals surface area contributed by atoms with Crippen LogP contribution in [0.2, 0.25) is 0 Å². The predicted molar refractivity (Wildman–Crippen MR) is 53.3 cm³/mol. The molecule has 0 N–H and O–H groups in total. The van der Waals surface area contributed by atoms with Gasteiger partial charge in [-0.25, -0.2) is 13.8 Å². The maximum absolute atomic E-state index is 13.3. The lowest BCUT2D eigenvalue weighted by Gasteiger charge is -1.99. The molecule has 0 aliphatic carbocycles. The number of rotatable bonds is 0. The van der Waals surface area contributed by atoms with Crippen LogP contribution in [0.15, 0.2) is 12.4 Å². The quantitative estimate of drug-likeness (QED) is 0.539. The molecule has 0 spiro atoms. The van der Waals surface area contributed by atoms with Gasteiger partial charge in [-0.05, 0) is 22.6 Å². The highest BCUT2D eigenvalue weighted by molar-refractivity contribution is 14.1. The van der Waals surface area contributed by atoms with Gasteiger partial charge in [-0.15, -0.1) is 0 Å². The van der Waals surface area contributed by atoms with Crippen LogP contribution >= 0.6 is 22.6 Å². The Bertz CT molecular complexity index is 478. The van der Waals surface area contributed by atoms with Crippen molar-refractivity contribution in [2.45, 2.75) is 0 Å². The van der Waals surface area contributed by atoms with Crippen molar-refractivity contribution in [1.29, 1.82) is 0 Å². The first kappa shape index (κ1) is 8.86. The lowest BCUT2D eigenvalue weighted by Crippen LogP contribution is -1.92. The van der Waals surface area contributed by atoms with E-state index in [0.717, 1.165) is 0 Å². The molecule has 2 rings (SSSR count). The zero-order chi connectivity index (χ0) is 9.59. The highest BCUT2D eigenvalue weighted by Crippen LogP contribution is 2.23. The zero-order valence-electron chi connectivity index (χ0n) is 6.68. The van der Waals surface area contributed by atoms with E-state index in [4.69, 9.17) is 0 Å². The molecule has 0 fully saturated rings. The third-order valence-electron chi connectivity index (χ3n) is 1.86. The molecule has 2 aromatic rings. The summed E-state index contributed by atoms with van der Waals surface area (Å²) in [5.74, 6) is -1.13. The Morgan fingerprint density at radius 3 is 2.85 bits per heavy atom. The zero-order valence-corrected chi connectivity index (χ0v) is 8.84. The number of hydrogen-bond acceptors (Lipinski definition) is 1. The van der Waals surface area contributed by atoms with E-state index >= 15 is 0 Å². The number of halogens is 3. The summed E-state index contributed by atoms with van der Waals surface area (Å²) in [5.41, 5.74) is 0.684. The second-order valence-electron chi connectivity index (χ2n) is 2.71. The summed E-state index contributed by atoms with van der Waals surface area (Å²) < 4.78 is 28.0. The molecule has 0 aliphatic rings. The first-order valence-electron chi connectivity index (χ1n) is 3.56. The average molecular weight is 294 g/mol. The van der Waals surface area contributed by atoms with Gasteiger partial charge in [-0.3, -0.25) is 0 Å². The summed E-state index contributed by atoms with van der Waals surface area (Å²) in [6.07, 6.45) is 1.46. The van der Waals surface area contributed by atoms with Gasteiger partial charge in [0, 0.05) is 13.1 Å². The van der Waals surface area contributed by atoms with Gasteiger partial charge in [0.25, 0.3) is 0 Å². The van der Waals surface area contributed by atoms with Gasteiger partial charge in [0.15, 0.2) is 5.82 Å². The molecule has 1 aromatic carbocycles. The summed E-state index contributed by atoms with van der Waals surface area (Å²) in [6.45, 7) is 0. The third-order valence-corrected chi connectivity index (χ3v) is 2.85. The largest absolute Gasteiger partial charge is 0.334 e. The van der Waals surface area contributed by atoms with Crippen molar-refractivity contribution in [3.8, 4) is 0 Å². The van der Waals surface area contributed by atoms with E-state index < -0.39 is 11.6 Å². The molecule has 2 nitrogen and oxygen atoms in total. The molecule has 0 radical (unpaired) electrons. The predicted octanol–water partition coefficient (Wildman–Crippen LogP) is 2.46.